The molecule has 3 aliphatic rings. The Labute approximate surface area is 231 Å². The van der Waals surface area contributed by atoms with Crippen molar-refractivity contribution in [2.45, 2.75) is 70.1 Å². The summed E-state index contributed by atoms with van der Waals surface area (Å²) >= 11 is 0. The third kappa shape index (κ3) is 6.44. The Morgan fingerprint density at radius 2 is 1.90 bits per heavy atom. The zero-order valence-electron chi connectivity index (χ0n) is 23.2. The number of nitrogens with two attached hydrogens (primary N) is 1. The molecule has 0 radical (unpaired) electrons. The number of primary amides is 1. The van der Waals surface area contributed by atoms with Gasteiger partial charge < -0.3 is 25.1 Å². The first-order chi connectivity index (χ1) is 19.0. The fourth-order valence-electron chi connectivity index (χ4n) is 4.92. The maximum absolute atomic E-state index is 12.9. The van der Waals surface area contributed by atoms with E-state index >= 15 is 0 Å². The Balaban J connectivity index is 0.000000569. The average Bonchev–Trinajstić information content (AvgIpc) is 3.69. The number of benzene rings is 1. The third-order valence-corrected chi connectivity index (χ3v) is 7.14. The minimum atomic E-state index is -2.45. The number of carboxylic acid groups (broad SMARTS) is 1. The first-order valence-corrected chi connectivity index (χ1v) is 13.1. The molecular weight excluding hydrogens is 528 g/mol. The van der Waals surface area contributed by atoms with Crippen LogP contribution in [0.1, 0.15) is 68.4 Å². The largest absolute Gasteiger partial charge is 0.493 e. The van der Waals surface area contributed by atoms with Gasteiger partial charge in [-0.1, -0.05) is 0 Å². The second-order valence-electron chi connectivity index (χ2n) is 10.3. The summed E-state index contributed by atoms with van der Waals surface area (Å²) in [5, 5.41) is 11.5. The Kier molecular flexibility index (Phi) is 9.91. The van der Waals surface area contributed by atoms with E-state index in [0.717, 1.165) is 24.2 Å². The van der Waals surface area contributed by atoms with Crippen molar-refractivity contribution in [2.75, 3.05) is 31.9 Å². The van der Waals surface area contributed by atoms with Crippen LogP contribution in [-0.4, -0.2) is 66.7 Å². The molecule has 1 aromatic carbocycles. The number of ether oxygens (including phenoxy) is 3. The van der Waals surface area contributed by atoms with Crippen molar-refractivity contribution in [3.63, 3.8) is 0 Å². The monoisotopic (exact) mass is 565 g/mol. The van der Waals surface area contributed by atoms with E-state index in [0.29, 0.717) is 37.3 Å². The quantitative estimate of drug-likeness (QED) is 0.347. The summed E-state index contributed by atoms with van der Waals surface area (Å²) in [6.07, 6.45) is 1.39. The van der Waals surface area contributed by atoms with Gasteiger partial charge in [-0.2, -0.15) is 0 Å². The van der Waals surface area contributed by atoms with Crippen LogP contribution in [0.2, 0.25) is 0 Å². The minimum Gasteiger partial charge on any atom is -0.493 e. The molecule has 1 aliphatic carbocycles. The van der Waals surface area contributed by atoms with Crippen LogP contribution in [-0.2, 0) is 14.3 Å². The Morgan fingerprint density at radius 1 is 1.25 bits per heavy atom. The maximum atomic E-state index is 12.9. The molecule has 40 heavy (non-hydrogen) atoms. The lowest BCUT2D eigenvalue weighted by atomic mass is 9.76. The fraction of sp³-hybridized carbons (Fsp3) is 0.536. The van der Waals surface area contributed by atoms with Gasteiger partial charge in [-0.25, -0.2) is 13.6 Å². The summed E-state index contributed by atoms with van der Waals surface area (Å²) in [5.41, 5.74) is 4.45. The van der Waals surface area contributed by atoms with Crippen molar-refractivity contribution < 1.29 is 37.7 Å². The number of aromatic nitrogens is 1. The van der Waals surface area contributed by atoms with Gasteiger partial charge in [0, 0.05) is 38.0 Å². The summed E-state index contributed by atoms with van der Waals surface area (Å²) in [6, 6.07) is 7.04. The molecule has 2 aliphatic heterocycles. The fourth-order valence-corrected chi connectivity index (χ4v) is 4.92. The molecule has 3 heterocycles. The number of halogens is 2. The molecule has 1 unspecified atom stereocenters. The smallest absolute Gasteiger partial charge is 0.341 e. The van der Waals surface area contributed by atoms with E-state index in [4.69, 9.17) is 14.3 Å². The summed E-state index contributed by atoms with van der Waals surface area (Å²) in [6.45, 7) is 7.49. The van der Waals surface area contributed by atoms with Gasteiger partial charge in [0.05, 0.1) is 30.5 Å². The SMILES string of the molecule is CC1(C)CC2c3cc(OCCCOC4(C(F)F)CC4)ccc3-c3cc(=O)c(C(=O)O)cn3N21.CCOC.NC=O. The first-order valence-electron chi connectivity index (χ1n) is 13.1. The van der Waals surface area contributed by atoms with Crippen molar-refractivity contribution in [3.05, 3.63) is 51.8 Å². The van der Waals surface area contributed by atoms with Crippen LogP contribution in [0.4, 0.5) is 8.78 Å². The summed E-state index contributed by atoms with van der Waals surface area (Å²) in [4.78, 5) is 32.5. The molecule has 220 valence electrons. The molecule has 12 heteroatoms. The van der Waals surface area contributed by atoms with Gasteiger partial charge in [0.2, 0.25) is 6.41 Å². The lowest BCUT2D eigenvalue weighted by Gasteiger charge is -2.60. The van der Waals surface area contributed by atoms with E-state index in [1.807, 2.05) is 19.1 Å². The highest BCUT2D eigenvalue weighted by Gasteiger charge is 2.52. The molecule has 5 rings (SSSR count). The second-order valence-corrected chi connectivity index (χ2v) is 10.3. The Bertz CT molecular complexity index is 1260. The number of hydrogen-bond acceptors (Lipinski definition) is 7. The number of carbonyl (C=O) groups excluding carboxylic acids is 1. The van der Waals surface area contributed by atoms with E-state index in [1.165, 1.54) is 12.3 Å². The van der Waals surface area contributed by atoms with E-state index in [9.17, 15) is 23.5 Å². The molecule has 2 fully saturated rings. The van der Waals surface area contributed by atoms with Crippen LogP contribution >= 0.6 is 0 Å². The number of aromatic carboxylic acids is 1. The van der Waals surface area contributed by atoms with E-state index < -0.39 is 23.4 Å². The number of nitrogens with zero attached hydrogens (tertiary/aromatic N) is 2. The normalized spacial score (nSPS) is 18.4. The van der Waals surface area contributed by atoms with E-state index in [1.54, 1.807) is 17.9 Å². The predicted octanol–water partition coefficient (Wildman–Crippen LogP) is 3.73. The molecule has 1 atom stereocenters. The molecule has 0 bridgehead atoms. The van der Waals surface area contributed by atoms with Crippen molar-refractivity contribution in [1.82, 2.24) is 4.68 Å². The second kappa shape index (κ2) is 12.8. The summed E-state index contributed by atoms with van der Waals surface area (Å²) in [5.74, 6) is -0.587. The number of rotatable bonds is 9. The topological polar surface area (TPSA) is 133 Å². The van der Waals surface area contributed by atoms with Gasteiger partial charge >= 0.3 is 5.97 Å². The lowest BCUT2D eigenvalue weighted by Crippen LogP contribution is -2.65. The molecular formula is C28H37F2N3O7. The highest BCUT2D eigenvalue weighted by molar-refractivity contribution is 5.88. The number of carbonyl (C=O) groups is 2. The van der Waals surface area contributed by atoms with E-state index in [-0.39, 0.29) is 30.2 Å². The molecule has 1 aromatic heterocycles. The number of alkyl halides is 2. The van der Waals surface area contributed by atoms with Crippen molar-refractivity contribution >= 4 is 12.4 Å². The van der Waals surface area contributed by atoms with Gasteiger partial charge in [0.25, 0.3) is 6.43 Å². The van der Waals surface area contributed by atoms with Crippen molar-refractivity contribution in [1.29, 1.82) is 0 Å². The minimum absolute atomic E-state index is 0.0271. The summed E-state index contributed by atoms with van der Waals surface area (Å²) < 4.78 is 43.4. The van der Waals surface area contributed by atoms with Gasteiger partial charge in [0.15, 0.2) is 5.43 Å². The molecule has 2 aromatic rings. The lowest BCUT2D eigenvalue weighted by molar-refractivity contribution is -0.106. The van der Waals surface area contributed by atoms with Gasteiger partial charge in [-0.15, -0.1) is 0 Å². The molecule has 0 spiro atoms. The van der Waals surface area contributed by atoms with Crippen LogP contribution in [0, 0.1) is 0 Å². The zero-order valence-corrected chi connectivity index (χ0v) is 23.2. The number of pyridine rings is 1. The Morgan fingerprint density at radius 3 is 2.42 bits per heavy atom. The summed E-state index contributed by atoms with van der Waals surface area (Å²) in [7, 11) is 1.68. The highest BCUT2D eigenvalue weighted by Crippen LogP contribution is 2.51. The van der Waals surface area contributed by atoms with Gasteiger partial charge in [-0.3, -0.25) is 19.3 Å². The van der Waals surface area contributed by atoms with Crippen molar-refractivity contribution in [2.24, 2.45) is 5.73 Å². The van der Waals surface area contributed by atoms with Crippen LogP contribution in [0.5, 0.6) is 5.75 Å². The molecule has 1 saturated heterocycles. The molecule has 10 nitrogen and oxygen atoms in total. The third-order valence-electron chi connectivity index (χ3n) is 7.14. The number of amides is 1. The number of carboxylic acids is 1. The van der Waals surface area contributed by atoms with Crippen LogP contribution < -0.4 is 20.9 Å². The molecule has 3 N–H and O–H groups in total. The standard InChI is InChI=1S/C24H26F2N2O5.C3H8O.CH3NO/c1-23(2)12-19-16-10-14(32-8-3-9-33-24(6-7-24)22(25)26)4-5-15(16)18-11-20(29)17(21(30)31)13-27(18)28(19)23;1-3-4-2;2-1-3/h4-5,10-11,13,19,22H,3,6-9,12H2,1-2H3,(H,30,31);3H2,1-2H3;1H,(H2,2,3). The van der Waals surface area contributed by atoms with E-state index in [2.05, 4.69) is 29.3 Å². The van der Waals surface area contributed by atoms with Crippen LogP contribution in [0.15, 0.2) is 35.3 Å². The number of hydrogen-bond donors (Lipinski definition) is 2. The van der Waals surface area contributed by atoms with Gasteiger partial charge in [-0.05, 0) is 63.8 Å². The predicted molar refractivity (Wildman–Crippen MR) is 145 cm³/mol. The first kappa shape index (κ1) is 31.0. The van der Waals surface area contributed by atoms with Gasteiger partial charge in [0.1, 0.15) is 16.9 Å². The molecule has 1 saturated carbocycles. The Hall–Kier alpha value is -3.51. The van der Waals surface area contributed by atoms with Crippen LogP contribution in [0.3, 0.4) is 0 Å². The zero-order chi connectivity index (χ0) is 29.7. The van der Waals surface area contributed by atoms with Crippen molar-refractivity contribution in [3.8, 4) is 17.0 Å². The highest BCUT2D eigenvalue weighted by atomic mass is 19.3. The average molecular weight is 566 g/mol. The molecule has 1 amide bonds. The maximum Gasteiger partial charge on any atom is 0.341 e. The van der Waals surface area contributed by atoms with Crippen LogP contribution in [0.25, 0.3) is 11.3 Å². The number of fused-ring (bicyclic) bond motifs is 6. The number of methoxy groups -OCH3 is 1.